The molecule has 0 bridgehead atoms. The summed E-state index contributed by atoms with van der Waals surface area (Å²) >= 11 is 0. The minimum absolute atomic E-state index is 0.0109. The number of carbonyl (C=O) groups is 1. The standard InChI is InChI=1S/C20H21N5O3/c1-2-8-22-19(26)14-11-15-18(23-16-7-3-4-9-24(16)20(15)27)25(17(14)21)12-13-6-5-10-28-13/h2-4,7,9,11,13,21H,1,5-6,8,10,12H2,(H,22,26). The number of pyridine rings is 2. The molecule has 1 unspecified atom stereocenters. The summed E-state index contributed by atoms with van der Waals surface area (Å²) in [4.78, 5) is 30.2. The van der Waals surface area contributed by atoms with E-state index in [-0.39, 0.29) is 29.3 Å². The molecular weight excluding hydrogens is 358 g/mol. The molecule has 0 radical (unpaired) electrons. The van der Waals surface area contributed by atoms with Crippen LogP contribution >= 0.6 is 0 Å². The number of hydrogen-bond acceptors (Lipinski definition) is 5. The van der Waals surface area contributed by atoms with Crippen molar-refractivity contribution < 1.29 is 9.53 Å². The number of carbonyl (C=O) groups excluding carboxylic acids is 1. The molecule has 0 saturated carbocycles. The highest BCUT2D eigenvalue weighted by Crippen LogP contribution is 2.16. The van der Waals surface area contributed by atoms with Crippen molar-refractivity contribution in [1.29, 1.82) is 5.41 Å². The van der Waals surface area contributed by atoms with Crippen LogP contribution in [-0.2, 0) is 11.3 Å². The molecule has 8 nitrogen and oxygen atoms in total. The van der Waals surface area contributed by atoms with E-state index in [9.17, 15) is 9.59 Å². The van der Waals surface area contributed by atoms with Crippen LogP contribution in [0.5, 0.6) is 0 Å². The maximum atomic E-state index is 13.0. The van der Waals surface area contributed by atoms with Gasteiger partial charge in [0.15, 0.2) is 0 Å². The summed E-state index contributed by atoms with van der Waals surface area (Å²) in [7, 11) is 0. The van der Waals surface area contributed by atoms with Gasteiger partial charge >= 0.3 is 0 Å². The largest absolute Gasteiger partial charge is 0.376 e. The van der Waals surface area contributed by atoms with Crippen molar-refractivity contribution in [3.05, 3.63) is 64.5 Å². The average molecular weight is 379 g/mol. The number of aromatic nitrogens is 3. The number of hydrogen-bond donors (Lipinski definition) is 2. The van der Waals surface area contributed by atoms with Crippen LogP contribution in [0.4, 0.5) is 0 Å². The first-order valence-corrected chi connectivity index (χ1v) is 9.20. The van der Waals surface area contributed by atoms with Gasteiger partial charge in [0.25, 0.3) is 11.5 Å². The van der Waals surface area contributed by atoms with E-state index in [0.717, 1.165) is 12.8 Å². The molecule has 2 N–H and O–H groups in total. The van der Waals surface area contributed by atoms with Crippen LogP contribution < -0.4 is 16.4 Å². The van der Waals surface area contributed by atoms with Gasteiger partial charge in [-0.2, -0.15) is 0 Å². The van der Waals surface area contributed by atoms with Crippen LogP contribution in [0, 0.1) is 5.41 Å². The lowest BCUT2D eigenvalue weighted by molar-refractivity contribution is 0.0935. The fourth-order valence-electron chi connectivity index (χ4n) is 3.49. The maximum Gasteiger partial charge on any atom is 0.267 e. The number of amides is 1. The maximum absolute atomic E-state index is 13.0. The van der Waals surface area contributed by atoms with E-state index in [2.05, 4.69) is 16.9 Å². The molecule has 1 aliphatic rings. The SMILES string of the molecule is C=CCNC(=O)c1cc2c(=O)n3ccccc3nc2n(CC2CCCO2)c1=N. The lowest BCUT2D eigenvalue weighted by Gasteiger charge is -2.17. The highest BCUT2D eigenvalue weighted by atomic mass is 16.5. The van der Waals surface area contributed by atoms with Crippen LogP contribution in [-0.4, -0.2) is 39.1 Å². The second kappa shape index (κ2) is 7.40. The molecule has 1 amide bonds. The van der Waals surface area contributed by atoms with Crippen LogP contribution in [0.15, 0.2) is 47.9 Å². The first-order valence-electron chi connectivity index (χ1n) is 9.20. The number of fused-ring (bicyclic) bond motifs is 2. The molecule has 4 heterocycles. The fourth-order valence-corrected chi connectivity index (χ4v) is 3.49. The lowest BCUT2D eigenvalue weighted by Crippen LogP contribution is -2.36. The Labute approximate surface area is 160 Å². The van der Waals surface area contributed by atoms with Crippen LogP contribution in [0.1, 0.15) is 23.2 Å². The second-order valence-corrected chi connectivity index (χ2v) is 6.73. The third-order valence-electron chi connectivity index (χ3n) is 4.88. The molecule has 3 aromatic heterocycles. The Morgan fingerprint density at radius 2 is 2.32 bits per heavy atom. The molecule has 8 heteroatoms. The Morgan fingerprint density at radius 1 is 1.46 bits per heavy atom. The van der Waals surface area contributed by atoms with Gasteiger partial charge in [-0.3, -0.25) is 19.4 Å². The van der Waals surface area contributed by atoms with Gasteiger partial charge < -0.3 is 14.6 Å². The van der Waals surface area contributed by atoms with Crippen LogP contribution in [0.25, 0.3) is 16.7 Å². The van der Waals surface area contributed by atoms with Gasteiger partial charge in [0, 0.05) is 19.3 Å². The number of nitrogens with one attached hydrogen (secondary N) is 2. The summed E-state index contributed by atoms with van der Waals surface area (Å²) in [6.07, 6.45) is 4.95. The van der Waals surface area contributed by atoms with Gasteiger partial charge in [-0.15, -0.1) is 6.58 Å². The Balaban J connectivity index is 1.99. The van der Waals surface area contributed by atoms with E-state index in [1.165, 1.54) is 10.5 Å². The van der Waals surface area contributed by atoms with Crippen molar-refractivity contribution >= 4 is 22.6 Å². The Bertz CT molecular complexity index is 1190. The highest BCUT2D eigenvalue weighted by Gasteiger charge is 2.21. The Kier molecular flexibility index (Phi) is 4.79. The van der Waals surface area contributed by atoms with Gasteiger partial charge in [-0.25, -0.2) is 4.98 Å². The predicted octanol–water partition coefficient (Wildman–Crippen LogP) is 1.22. The summed E-state index contributed by atoms with van der Waals surface area (Å²) in [6.45, 7) is 4.91. The van der Waals surface area contributed by atoms with E-state index < -0.39 is 5.91 Å². The van der Waals surface area contributed by atoms with Gasteiger partial charge in [0.1, 0.15) is 16.8 Å². The average Bonchev–Trinajstić information content (AvgIpc) is 3.22. The summed E-state index contributed by atoms with van der Waals surface area (Å²) in [5.41, 5.74) is 0.736. The highest BCUT2D eigenvalue weighted by molar-refractivity contribution is 5.96. The monoisotopic (exact) mass is 379 g/mol. The van der Waals surface area contributed by atoms with Crippen molar-refractivity contribution in [3.63, 3.8) is 0 Å². The normalized spacial score (nSPS) is 16.5. The first-order chi connectivity index (χ1) is 13.6. The van der Waals surface area contributed by atoms with Gasteiger partial charge in [0.2, 0.25) is 0 Å². The Hall–Kier alpha value is -3.26. The van der Waals surface area contributed by atoms with Crippen molar-refractivity contribution in [2.45, 2.75) is 25.5 Å². The minimum Gasteiger partial charge on any atom is -0.376 e. The summed E-state index contributed by atoms with van der Waals surface area (Å²) in [5.74, 6) is -0.426. The quantitative estimate of drug-likeness (QED) is 0.514. The van der Waals surface area contributed by atoms with Gasteiger partial charge in [-0.05, 0) is 31.0 Å². The zero-order chi connectivity index (χ0) is 19.7. The summed E-state index contributed by atoms with van der Waals surface area (Å²) in [6, 6.07) is 6.75. The fraction of sp³-hybridized carbons (Fsp3) is 0.300. The third-order valence-corrected chi connectivity index (χ3v) is 4.88. The molecule has 1 atom stereocenters. The van der Waals surface area contributed by atoms with E-state index >= 15 is 0 Å². The summed E-state index contributed by atoms with van der Waals surface area (Å²) < 4.78 is 8.77. The van der Waals surface area contributed by atoms with Gasteiger partial charge in [0.05, 0.1) is 23.6 Å². The zero-order valence-corrected chi connectivity index (χ0v) is 15.4. The summed E-state index contributed by atoms with van der Waals surface area (Å²) in [5, 5.41) is 11.6. The Morgan fingerprint density at radius 3 is 3.07 bits per heavy atom. The van der Waals surface area contributed by atoms with E-state index in [1.807, 2.05) is 0 Å². The molecular formula is C20H21N5O3. The van der Waals surface area contributed by atoms with E-state index in [1.54, 1.807) is 35.0 Å². The van der Waals surface area contributed by atoms with Crippen molar-refractivity contribution in [2.75, 3.05) is 13.2 Å². The molecule has 1 fully saturated rings. The predicted molar refractivity (Wildman–Crippen MR) is 104 cm³/mol. The third kappa shape index (κ3) is 3.11. The lowest BCUT2D eigenvalue weighted by atomic mass is 10.1. The number of ether oxygens (including phenoxy) is 1. The van der Waals surface area contributed by atoms with Crippen molar-refractivity contribution in [3.8, 4) is 0 Å². The van der Waals surface area contributed by atoms with E-state index in [4.69, 9.17) is 10.1 Å². The first kappa shape index (κ1) is 18.1. The molecule has 1 saturated heterocycles. The van der Waals surface area contributed by atoms with E-state index in [0.29, 0.717) is 29.8 Å². The molecule has 144 valence electrons. The molecule has 1 aliphatic heterocycles. The topological polar surface area (TPSA) is 101 Å². The molecule has 3 aromatic rings. The second-order valence-electron chi connectivity index (χ2n) is 6.73. The smallest absolute Gasteiger partial charge is 0.267 e. The molecule has 0 aliphatic carbocycles. The van der Waals surface area contributed by atoms with Gasteiger partial charge in [-0.1, -0.05) is 12.1 Å². The molecule has 28 heavy (non-hydrogen) atoms. The number of rotatable bonds is 5. The van der Waals surface area contributed by atoms with Crippen LogP contribution in [0.3, 0.4) is 0 Å². The van der Waals surface area contributed by atoms with Crippen molar-refractivity contribution in [1.82, 2.24) is 19.3 Å². The minimum atomic E-state index is -0.426. The molecule has 0 aromatic carbocycles. The number of nitrogens with zero attached hydrogens (tertiary/aromatic N) is 3. The molecule has 0 spiro atoms. The van der Waals surface area contributed by atoms with Crippen molar-refractivity contribution in [2.24, 2.45) is 0 Å². The van der Waals surface area contributed by atoms with Crippen LogP contribution in [0.2, 0.25) is 0 Å². The zero-order valence-electron chi connectivity index (χ0n) is 15.4. The molecule has 4 rings (SSSR count).